The molecule has 0 aliphatic rings. The molecule has 0 amide bonds. The Bertz CT molecular complexity index is 700. The van der Waals surface area contributed by atoms with Crippen LogP contribution < -0.4 is 4.72 Å². The number of nitrogens with one attached hydrogen (secondary N) is 1. The van der Waals surface area contributed by atoms with E-state index in [0.717, 1.165) is 35.8 Å². The van der Waals surface area contributed by atoms with Crippen molar-refractivity contribution in [2.75, 3.05) is 18.6 Å². The smallest absolute Gasteiger partial charge is 0.208 e. The lowest BCUT2D eigenvalue weighted by atomic mass is 10.2. The molecule has 0 fully saturated rings. The van der Waals surface area contributed by atoms with Crippen LogP contribution in [0.3, 0.4) is 0 Å². The monoisotopic (exact) mass is 341 g/mol. The molecule has 22 heavy (non-hydrogen) atoms. The summed E-state index contributed by atoms with van der Waals surface area (Å²) in [4.78, 5) is 4.01. The maximum atomic E-state index is 11.0. The fraction of sp³-hybridized carbons (Fsp3) is 0.462. The lowest BCUT2D eigenvalue weighted by Crippen LogP contribution is -2.24. The van der Waals surface area contributed by atoms with Gasteiger partial charge in [-0.05, 0) is 18.6 Å². The van der Waals surface area contributed by atoms with Gasteiger partial charge in [-0.3, -0.25) is 4.98 Å². The molecule has 0 unspecified atom stereocenters. The quantitative estimate of drug-likeness (QED) is 0.576. The molecule has 2 rings (SSSR count). The molecule has 0 radical (unpaired) electrons. The maximum Gasteiger partial charge on any atom is 0.208 e. The van der Waals surface area contributed by atoms with E-state index in [1.165, 1.54) is 11.8 Å². The summed E-state index contributed by atoms with van der Waals surface area (Å²) in [6.45, 7) is 3.27. The molecule has 2 heterocycles. The van der Waals surface area contributed by atoms with Gasteiger partial charge in [0.15, 0.2) is 11.0 Å². The second-order valence-corrected chi connectivity index (χ2v) is 7.60. The normalized spacial score (nSPS) is 11.7. The van der Waals surface area contributed by atoms with Gasteiger partial charge in [0, 0.05) is 36.8 Å². The third-order valence-corrected chi connectivity index (χ3v) is 4.50. The summed E-state index contributed by atoms with van der Waals surface area (Å²) in [5.41, 5.74) is 0.970. The Kier molecular flexibility index (Phi) is 5.92. The Morgan fingerprint density at radius 3 is 2.64 bits per heavy atom. The number of nitrogens with zero attached hydrogens (tertiary/aromatic N) is 4. The van der Waals surface area contributed by atoms with Crippen LogP contribution in [0.4, 0.5) is 0 Å². The summed E-state index contributed by atoms with van der Waals surface area (Å²) in [7, 11) is -3.15. The van der Waals surface area contributed by atoms with E-state index >= 15 is 0 Å². The second kappa shape index (κ2) is 7.70. The molecule has 0 spiro atoms. The minimum atomic E-state index is -3.15. The van der Waals surface area contributed by atoms with Crippen molar-refractivity contribution >= 4 is 21.8 Å². The minimum Gasteiger partial charge on any atom is -0.302 e. The first-order valence-electron chi connectivity index (χ1n) is 6.92. The van der Waals surface area contributed by atoms with Gasteiger partial charge in [0.25, 0.3) is 0 Å². The number of hydrogen-bond donors (Lipinski definition) is 1. The van der Waals surface area contributed by atoms with E-state index in [1.807, 2.05) is 12.1 Å². The summed E-state index contributed by atoms with van der Waals surface area (Å²) in [6.07, 6.45) is 5.57. The van der Waals surface area contributed by atoms with E-state index in [-0.39, 0.29) is 0 Å². The predicted molar refractivity (Wildman–Crippen MR) is 87.1 cm³/mol. The fourth-order valence-electron chi connectivity index (χ4n) is 1.90. The second-order valence-electron chi connectivity index (χ2n) is 4.71. The highest BCUT2D eigenvalue weighted by Crippen LogP contribution is 2.23. The molecule has 0 atom stereocenters. The van der Waals surface area contributed by atoms with Crippen molar-refractivity contribution in [1.82, 2.24) is 24.5 Å². The van der Waals surface area contributed by atoms with Gasteiger partial charge < -0.3 is 4.57 Å². The zero-order chi connectivity index (χ0) is 16.0. The number of rotatable bonds is 8. The first kappa shape index (κ1) is 16.9. The molecule has 0 bridgehead atoms. The van der Waals surface area contributed by atoms with Crippen LogP contribution in [-0.4, -0.2) is 46.7 Å². The lowest BCUT2D eigenvalue weighted by molar-refractivity contribution is 0.590. The first-order chi connectivity index (χ1) is 10.5. The van der Waals surface area contributed by atoms with Gasteiger partial charge >= 0.3 is 0 Å². The predicted octanol–water partition coefficient (Wildman–Crippen LogP) is 1.39. The van der Waals surface area contributed by atoms with Crippen LogP contribution in [0.2, 0.25) is 0 Å². The number of pyridine rings is 1. The molecule has 0 saturated carbocycles. The van der Waals surface area contributed by atoms with Crippen LogP contribution in [0.5, 0.6) is 0 Å². The summed E-state index contributed by atoms with van der Waals surface area (Å²) in [5.74, 6) is 1.41. The maximum absolute atomic E-state index is 11.0. The number of thioether (sulfide) groups is 1. The molecular formula is C13H19N5O2S2. The Balaban J connectivity index is 2.10. The number of sulfonamides is 1. The van der Waals surface area contributed by atoms with Crippen molar-refractivity contribution in [2.45, 2.75) is 25.0 Å². The largest absolute Gasteiger partial charge is 0.302 e. The van der Waals surface area contributed by atoms with Gasteiger partial charge in [0.05, 0.1) is 6.26 Å². The SMILES string of the molecule is CCCn1c(SCCNS(C)(=O)=O)nnc1-c1ccncc1. The van der Waals surface area contributed by atoms with E-state index in [4.69, 9.17) is 0 Å². The number of hydrogen-bond acceptors (Lipinski definition) is 6. The third-order valence-electron chi connectivity index (χ3n) is 2.80. The van der Waals surface area contributed by atoms with Crippen LogP contribution >= 0.6 is 11.8 Å². The third kappa shape index (κ3) is 4.79. The average molecular weight is 341 g/mol. The zero-order valence-corrected chi connectivity index (χ0v) is 14.2. The van der Waals surface area contributed by atoms with E-state index in [9.17, 15) is 8.42 Å². The van der Waals surface area contributed by atoms with Gasteiger partial charge in [-0.2, -0.15) is 0 Å². The van der Waals surface area contributed by atoms with Gasteiger partial charge in [-0.15, -0.1) is 10.2 Å². The zero-order valence-electron chi connectivity index (χ0n) is 12.6. The molecule has 0 saturated heterocycles. The van der Waals surface area contributed by atoms with Crippen molar-refractivity contribution < 1.29 is 8.42 Å². The Morgan fingerprint density at radius 1 is 1.27 bits per heavy atom. The Hall–Kier alpha value is -1.45. The molecule has 0 aromatic carbocycles. The number of aromatic nitrogens is 4. The highest BCUT2D eigenvalue weighted by Gasteiger charge is 2.13. The molecule has 0 aliphatic carbocycles. The minimum absolute atomic E-state index is 0.368. The molecule has 7 nitrogen and oxygen atoms in total. The van der Waals surface area contributed by atoms with Gasteiger partial charge in [0.1, 0.15) is 0 Å². The van der Waals surface area contributed by atoms with Crippen molar-refractivity contribution in [2.24, 2.45) is 0 Å². The summed E-state index contributed by atoms with van der Waals surface area (Å²) in [6, 6.07) is 3.80. The highest BCUT2D eigenvalue weighted by molar-refractivity contribution is 7.99. The lowest BCUT2D eigenvalue weighted by Gasteiger charge is -2.08. The Labute approximate surface area is 134 Å². The van der Waals surface area contributed by atoms with Crippen molar-refractivity contribution in [3.8, 4) is 11.4 Å². The highest BCUT2D eigenvalue weighted by atomic mass is 32.2. The van der Waals surface area contributed by atoms with Crippen LogP contribution in [0, 0.1) is 0 Å². The van der Waals surface area contributed by atoms with Gasteiger partial charge in [-0.1, -0.05) is 18.7 Å². The fourth-order valence-corrected chi connectivity index (χ4v) is 3.33. The van der Waals surface area contributed by atoms with E-state index in [0.29, 0.717) is 12.3 Å². The molecule has 9 heteroatoms. The molecule has 1 N–H and O–H groups in total. The van der Waals surface area contributed by atoms with Gasteiger partial charge in [-0.25, -0.2) is 13.1 Å². The molecule has 0 aliphatic heterocycles. The van der Waals surface area contributed by atoms with E-state index in [2.05, 4.69) is 31.4 Å². The van der Waals surface area contributed by atoms with Crippen LogP contribution in [-0.2, 0) is 16.6 Å². The molecular weight excluding hydrogens is 322 g/mol. The van der Waals surface area contributed by atoms with Crippen molar-refractivity contribution in [3.05, 3.63) is 24.5 Å². The topological polar surface area (TPSA) is 89.8 Å². The van der Waals surface area contributed by atoms with Crippen molar-refractivity contribution in [1.29, 1.82) is 0 Å². The van der Waals surface area contributed by atoms with Gasteiger partial charge in [0.2, 0.25) is 10.0 Å². The van der Waals surface area contributed by atoms with Crippen LogP contribution in [0.15, 0.2) is 29.7 Å². The van der Waals surface area contributed by atoms with E-state index in [1.54, 1.807) is 12.4 Å². The molecule has 2 aromatic rings. The van der Waals surface area contributed by atoms with Crippen LogP contribution in [0.25, 0.3) is 11.4 Å². The first-order valence-corrected chi connectivity index (χ1v) is 9.80. The summed E-state index contributed by atoms with van der Waals surface area (Å²) < 4.78 is 26.6. The summed E-state index contributed by atoms with van der Waals surface area (Å²) in [5, 5.41) is 9.28. The molecule has 2 aromatic heterocycles. The van der Waals surface area contributed by atoms with E-state index < -0.39 is 10.0 Å². The average Bonchev–Trinajstić information content (AvgIpc) is 2.87. The van der Waals surface area contributed by atoms with Crippen LogP contribution in [0.1, 0.15) is 13.3 Å². The molecule has 120 valence electrons. The van der Waals surface area contributed by atoms with Crippen molar-refractivity contribution in [3.63, 3.8) is 0 Å². The summed E-state index contributed by atoms with van der Waals surface area (Å²) >= 11 is 1.49. The Morgan fingerprint density at radius 2 is 2.00 bits per heavy atom. The standard InChI is InChI=1S/C13H19N5O2S2/c1-3-9-18-12(11-4-6-14-7-5-11)16-17-13(18)21-10-8-15-22(2,19)20/h4-7,15H,3,8-10H2,1-2H3.